The van der Waals surface area contributed by atoms with Gasteiger partial charge in [0, 0.05) is 18.6 Å². The summed E-state index contributed by atoms with van der Waals surface area (Å²) in [6, 6.07) is -1.62. The number of aliphatic carboxylic acids is 1. The van der Waals surface area contributed by atoms with Gasteiger partial charge in [-0.3, -0.25) is 9.97 Å². The van der Waals surface area contributed by atoms with Gasteiger partial charge in [0.05, 0.1) is 17.2 Å². The highest BCUT2D eigenvalue weighted by molar-refractivity contribution is 7.90. The quantitative estimate of drug-likeness (QED) is 0.755. The van der Waals surface area contributed by atoms with Crippen molar-refractivity contribution in [2.45, 2.75) is 38.2 Å². The van der Waals surface area contributed by atoms with E-state index in [9.17, 15) is 18.0 Å². The van der Waals surface area contributed by atoms with Crippen LogP contribution in [0.5, 0.6) is 0 Å². The molecule has 1 aromatic rings. The number of hydrogen-bond acceptors (Lipinski definition) is 7. The Labute approximate surface area is 134 Å². The molecule has 0 fully saturated rings. The Morgan fingerprint density at radius 1 is 1.35 bits per heavy atom. The first-order valence-corrected chi connectivity index (χ1v) is 8.48. The third-order valence-corrected chi connectivity index (χ3v) is 3.97. The number of carboxylic acid groups (broad SMARTS) is 1. The highest BCUT2D eigenvalue weighted by Gasteiger charge is 2.29. The van der Waals surface area contributed by atoms with Crippen molar-refractivity contribution in [1.29, 1.82) is 0 Å². The molecule has 0 radical (unpaired) electrons. The predicted octanol–water partition coefficient (Wildman–Crippen LogP) is 0.369. The number of nitrogens with zero attached hydrogens (tertiary/aromatic N) is 2. The van der Waals surface area contributed by atoms with E-state index in [-0.39, 0.29) is 5.69 Å². The second-order valence-corrected chi connectivity index (χ2v) is 7.90. The van der Waals surface area contributed by atoms with Crippen molar-refractivity contribution in [1.82, 2.24) is 15.3 Å². The van der Waals surface area contributed by atoms with Gasteiger partial charge < -0.3 is 15.2 Å². The average molecular weight is 345 g/mol. The maximum absolute atomic E-state index is 12.1. The molecule has 10 heteroatoms. The second kappa shape index (κ2) is 7.36. The lowest BCUT2D eigenvalue weighted by molar-refractivity contribution is -0.138. The number of sulfone groups is 1. The van der Waals surface area contributed by atoms with E-state index in [0.717, 1.165) is 0 Å². The summed E-state index contributed by atoms with van der Waals surface area (Å²) in [5.41, 5.74) is -0.639. The molecule has 0 aliphatic carbocycles. The van der Waals surface area contributed by atoms with Gasteiger partial charge in [0.2, 0.25) is 0 Å². The van der Waals surface area contributed by atoms with Crippen LogP contribution in [-0.2, 0) is 25.1 Å². The molecule has 0 unspecified atom stereocenters. The first kappa shape index (κ1) is 18.8. The number of alkyl carbamates (subject to hydrolysis) is 1. The zero-order valence-electron chi connectivity index (χ0n) is 13.0. The van der Waals surface area contributed by atoms with E-state index < -0.39 is 45.0 Å². The molecule has 0 aliphatic heterocycles. The smallest absolute Gasteiger partial charge is 0.408 e. The molecule has 2 N–H and O–H groups in total. The summed E-state index contributed by atoms with van der Waals surface area (Å²) in [5, 5.41) is 11.1. The Morgan fingerprint density at radius 3 is 2.48 bits per heavy atom. The van der Waals surface area contributed by atoms with Gasteiger partial charge in [0.15, 0.2) is 9.84 Å². The van der Waals surface area contributed by atoms with Gasteiger partial charge in [-0.05, 0) is 20.8 Å². The molecule has 23 heavy (non-hydrogen) atoms. The predicted molar refractivity (Wildman–Crippen MR) is 80.3 cm³/mol. The van der Waals surface area contributed by atoms with Gasteiger partial charge in [0.25, 0.3) is 0 Å². The van der Waals surface area contributed by atoms with Crippen molar-refractivity contribution in [3.05, 3.63) is 24.3 Å². The Morgan fingerprint density at radius 2 is 2.00 bits per heavy atom. The summed E-state index contributed by atoms with van der Waals surface area (Å²) in [4.78, 5) is 30.3. The number of ether oxygens (including phenoxy) is 1. The largest absolute Gasteiger partial charge is 0.480 e. The van der Waals surface area contributed by atoms with E-state index >= 15 is 0 Å². The lowest BCUT2D eigenvalue weighted by atomic mass is 10.2. The Hall–Kier alpha value is -2.23. The molecule has 0 saturated heterocycles. The van der Waals surface area contributed by atoms with Crippen molar-refractivity contribution >= 4 is 21.9 Å². The average Bonchev–Trinajstić information content (AvgIpc) is 2.35. The second-order valence-electron chi connectivity index (χ2n) is 5.79. The molecular formula is C13H19N3O6S. The third kappa shape index (κ3) is 7.54. The first-order valence-electron chi connectivity index (χ1n) is 6.66. The summed E-state index contributed by atoms with van der Waals surface area (Å²) in [6.07, 6.45) is 2.99. The van der Waals surface area contributed by atoms with E-state index in [1.54, 1.807) is 20.8 Å². The molecule has 0 spiro atoms. The highest BCUT2D eigenvalue weighted by atomic mass is 32.2. The Bertz CT molecular complexity index is 654. The van der Waals surface area contributed by atoms with Crippen molar-refractivity contribution in [3.8, 4) is 0 Å². The topological polar surface area (TPSA) is 136 Å². The summed E-state index contributed by atoms with van der Waals surface area (Å²) in [7, 11) is -3.82. The third-order valence-electron chi connectivity index (χ3n) is 2.39. The standard InChI is InChI=1S/C13H19N3O6S/c1-13(2,3)22-12(19)16-10(11(17)18)8-23(20,21)7-9-6-14-4-5-15-9/h4-6,10H,7-8H2,1-3H3,(H,16,19)(H,17,18)/t10-/m0/s1. The molecule has 128 valence electrons. The monoisotopic (exact) mass is 345 g/mol. The van der Waals surface area contributed by atoms with Crippen LogP contribution in [0.3, 0.4) is 0 Å². The molecule has 1 rings (SSSR count). The highest BCUT2D eigenvalue weighted by Crippen LogP contribution is 2.08. The Kier molecular flexibility index (Phi) is 6.02. The SMILES string of the molecule is CC(C)(C)OC(=O)N[C@@H](CS(=O)(=O)Cc1cnccn1)C(=O)O. The molecular weight excluding hydrogens is 326 g/mol. The van der Waals surface area contributed by atoms with E-state index in [0.29, 0.717) is 0 Å². The van der Waals surface area contributed by atoms with Crippen LogP contribution < -0.4 is 5.32 Å². The van der Waals surface area contributed by atoms with Gasteiger partial charge in [-0.2, -0.15) is 0 Å². The molecule has 9 nitrogen and oxygen atoms in total. The van der Waals surface area contributed by atoms with Crippen LogP contribution in [0.4, 0.5) is 4.79 Å². The van der Waals surface area contributed by atoms with Crippen molar-refractivity contribution in [2.75, 3.05) is 5.75 Å². The van der Waals surface area contributed by atoms with Crippen molar-refractivity contribution < 1.29 is 27.9 Å². The number of nitrogens with one attached hydrogen (secondary N) is 1. The van der Waals surface area contributed by atoms with Gasteiger partial charge in [-0.25, -0.2) is 18.0 Å². The van der Waals surface area contributed by atoms with E-state index in [4.69, 9.17) is 9.84 Å². The fourth-order valence-electron chi connectivity index (χ4n) is 1.57. The molecule has 1 aromatic heterocycles. The summed E-state index contributed by atoms with van der Waals surface area (Å²) in [6.45, 7) is 4.81. The number of hydrogen-bond donors (Lipinski definition) is 2. The maximum Gasteiger partial charge on any atom is 0.408 e. The molecule has 1 atom stereocenters. The molecule has 0 bridgehead atoms. The summed E-state index contributed by atoms with van der Waals surface area (Å²) < 4.78 is 29.0. The van der Waals surface area contributed by atoms with Crippen LogP contribution in [0.15, 0.2) is 18.6 Å². The molecule has 1 heterocycles. The minimum Gasteiger partial charge on any atom is -0.480 e. The van der Waals surface area contributed by atoms with Gasteiger partial charge in [-0.15, -0.1) is 0 Å². The van der Waals surface area contributed by atoms with Crippen LogP contribution in [-0.4, -0.2) is 53.0 Å². The lowest BCUT2D eigenvalue weighted by Gasteiger charge is -2.21. The van der Waals surface area contributed by atoms with Crippen LogP contribution in [0.2, 0.25) is 0 Å². The number of carbonyl (C=O) groups excluding carboxylic acids is 1. The Balaban J connectivity index is 2.75. The first-order chi connectivity index (χ1) is 10.5. The van der Waals surface area contributed by atoms with Gasteiger partial charge in [-0.1, -0.05) is 0 Å². The van der Waals surface area contributed by atoms with E-state index in [1.165, 1.54) is 18.6 Å². The molecule has 0 saturated carbocycles. The fraction of sp³-hybridized carbons (Fsp3) is 0.538. The molecule has 1 amide bonds. The van der Waals surface area contributed by atoms with Crippen LogP contribution in [0, 0.1) is 0 Å². The molecule has 0 aliphatic rings. The van der Waals surface area contributed by atoms with Crippen molar-refractivity contribution in [2.24, 2.45) is 0 Å². The van der Waals surface area contributed by atoms with Gasteiger partial charge >= 0.3 is 12.1 Å². The van der Waals surface area contributed by atoms with Crippen LogP contribution in [0.25, 0.3) is 0 Å². The number of aromatic nitrogens is 2. The zero-order chi connectivity index (χ0) is 17.7. The number of rotatable bonds is 6. The zero-order valence-corrected chi connectivity index (χ0v) is 13.8. The van der Waals surface area contributed by atoms with E-state index in [1.807, 2.05) is 5.32 Å². The number of amides is 1. The number of carboxylic acids is 1. The van der Waals surface area contributed by atoms with Crippen LogP contribution in [0.1, 0.15) is 26.5 Å². The fourth-order valence-corrected chi connectivity index (χ4v) is 3.02. The van der Waals surface area contributed by atoms with Gasteiger partial charge in [0.1, 0.15) is 11.6 Å². The summed E-state index contributed by atoms with van der Waals surface area (Å²) >= 11 is 0. The minimum absolute atomic E-state index is 0.189. The van der Waals surface area contributed by atoms with E-state index in [2.05, 4.69) is 9.97 Å². The molecule has 0 aromatic carbocycles. The van der Waals surface area contributed by atoms with Crippen LogP contribution >= 0.6 is 0 Å². The number of carbonyl (C=O) groups is 2. The summed E-state index contributed by atoms with van der Waals surface area (Å²) in [5.74, 6) is -2.72. The lowest BCUT2D eigenvalue weighted by Crippen LogP contribution is -2.47. The maximum atomic E-state index is 12.1. The normalized spacial score (nSPS) is 13.2. The van der Waals surface area contributed by atoms with Crippen molar-refractivity contribution in [3.63, 3.8) is 0 Å². The minimum atomic E-state index is -3.82.